The summed E-state index contributed by atoms with van der Waals surface area (Å²) in [6, 6.07) is 22.8. The van der Waals surface area contributed by atoms with Gasteiger partial charge >= 0.3 is 12.1 Å². The van der Waals surface area contributed by atoms with Crippen molar-refractivity contribution in [2.24, 2.45) is 0 Å². The van der Waals surface area contributed by atoms with E-state index < -0.39 is 12.1 Å². The number of benzene rings is 3. The summed E-state index contributed by atoms with van der Waals surface area (Å²) in [6.07, 6.45) is -3.92. The number of nitriles is 1. The molecule has 0 aliphatic carbocycles. The number of aliphatic carboxylic acids is 1. The second-order valence-corrected chi connectivity index (χ2v) is 9.49. The van der Waals surface area contributed by atoms with Gasteiger partial charge in [0, 0.05) is 36.4 Å². The first-order valence-corrected chi connectivity index (χ1v) is 12.8. The lowest BCUT2D eigenvalue weighted by Gasteiger charge is -2.22. The third-order valence-electron chi connectivity index (χ3n) is 6.44. The molecule has 0 aromatic heterocycles. The van der Waals surface area contributed by atoms with Crippen LogP contribution in [0.3, 0.4) is 0 Å². The van der Waals surface area contributed by atoms with E-state index in [1.54, 1.807) is 31.4 Å². The van der Waals surface area contributed by atoms with Gasteiger partial charge in [0.25, 0.3) is 5.91 Å². The Hall–Kier alpha value is -4.40. The Bertz CT molecular complexity index is 1400. The molecule has 3 aromatic rings. The topological polar surface area (TPSA) is 106 Å². The summed E-state index contributed by atoms with van der Waals surface area (Å²) in [5.41, 5.74) is 4.88. The Morgan fingerprint density at radius 3 is 2.39 bits per heavy atom. The van der Waals surface area contributed by atoms with Crippen LogP contribution in [-0.2, 0) is 11.3 Å². The number of carbonyl (C=O) groups excluding carboxylic acids is 1. The Morgan fingerprint density at radius 1 is 1.00 bits per heavy atom. The minimum absolute atomic E-state index is 0.240. The Kier molecular flexibility index (Phi) is 10.9. The van der Waals surface area contributed by atoms with Crippen molar-refractivity contribution in [2.45, 2.75) is 19.1 Å². The Labute approximate surface area is 236 Å². The highest BCUT2D eigenvalue weighted by molar-refractivity contribution is 6.04. The number of halogens is 3. The van der Waals surface area contributed by atoms with Crippen LogP contribution >= 0.6 is 0 Å². The zero-order valence-electron chi connectivity index (χ0n) is 22.7. The zero-order valence-corrected chi connectivity index (χ0v) is 22.7. The van der Waals surface area contributed by atoms with E-state index in [4.69, 9.17) is 19.9 Å². The van der Waals surface area contributed by atoms with Gasteiger partial charge < -0.3 is 20.1 Å². The molecule has 216 valence electrons. The van der Waals surface area contributed by atoms with Crippen LogP contribution in [0.25, 0.3) is 11.1 Å². The number of alkyl halides is 3. The molecule has 3 aromatic carbocycles. The van der Waals surface area contributed by atoms with Gasteiger partial charge in [-0.15, -0.1) is 0 Å². The lowest BCUT2D eigenvalue weighted by molar-refractivity contribution is -0.192. The summed E-state index contributed by atoms with van der Waals surface area (Å²) in [5, 5.41) is 19.2. The number of nitrogens with zero attached hydrogens (tertiary/aromatic N) is 3. The largest absolute Gasteiger partial charge is 0.496 e. The van der Waals surface area contributed by atoms with Crippen LogP contribution in [-0.4, -0.2) is 73.3 Å². The van der Waals surface area contributed by atoms with E-state index in [1.165, 1.54) is 0 Å². The molecule has 41 heavy (non-hydrogen) atoms. The van der Waals surface area contributed by atoms with Crippen molar-refractivity contribution >= 4 is 17.6 Å². The fourth-order valence-electron chi connectivity index (χ4n) is 4.29. The lowest BCUT2D eigenvalue weighted by atomic mass is 10.0. The summed E-state index contributed by atoms with van der Waals surface area (Å²) in [4.78, 5) is 26.5. The number of amides is 1. The van der Waals surface area contributed by atoms with E-state index in [-0.39, 0.29) is 5.91 Å². The van der Waals surface area contributed by atoms with Gasteiger partial charge in [-0.1, -0.05) is 24.3 Å². The number of carboxylic acid groups (broad SMARTS) is 1. The second kappa shape index (κ2) is 14.3. The minimum Gasteiger partial charge on any atom is -0.496 e. The number of likely N-dealkylation sites (N-methyl/N-ethyl adjacent to an activating group) is 1. The van der Waals surface area contributed by atoms with E-state index in [1.807, 2.05) is 30.3 Å². The normalized spacial score (nSPS) is 14.1. The maximum atomic E-state index is 12.7. The van der Waals surface area contributed by atoms with Crippen LogP contribution in [0.2, 0.25) is 0 Å². The smallest absolute Gasteiger partial charge is 0.490 e. The monoisotopic (exact) mass is 568 g/mol. The van der Waals surface area contributed by atoms with Gasteiger partial charge in [0.2, 0.25) is 0 Å². The highest BCUT2D eigenvalue weighted by Crippen LogP contribution is 2.29. The van der Waals surface area contributed by atoms with Crippen LogP contribution in [0.5, 0.6) is 5.75 Å². The van der Waals surface area contributed by atoms with Crippen molar-refractivity contribution in [2.75, 3.05) is 45.7 Å². The number of nitrogens with one attached hydrogen (secondary N) is 1. The quantitative estimate of drug-likeness (QED) is 0.418. The van der Waals surface area contributed by atoms with Crippen molar-refractivity contribution in [3.05, 3.63) is 83.4 Å². The average Bonchev–Trinajstić information content (AvgIpc) is 3.16. The van der Waals surface area contributed by atoms with Gasteiger partial charge in [0.05, 0.1) is 18.7 Å². The van der Waals surface area contributed by atoms with E-state index in [2.05, 4.69) is 40.4 Å². The molecule has 2 N–H and O–H groups in total. The van der Waals surface area contributed by atoms with Gasteiger partial charge in [0.15, 0.2) is 0 Å². The van der Waals surface area contributed by atoms with Crippen LogP contribution in [0.1, 0.15) is 27.9 Å². The van der Waals surface area contributed by atoms with Crippen LogP contribution in [0, 0.1) is 11.3 Å². The van der Waals surface area contributed by atoms with Crippen molar-refractivity contribution in [1.82, 2.24) is 9.80 Å². The molecule has 0 radical (unpaired) electrons. The molecule has 1 heterocycles. The van der Waals surface area contributed by atoms with Gasteiger partial charge in [-0.25, -0.2) is 4.79 Å². The predicted octanol–water partition coefficient (Wildman–Crippen LogP) is 5.26. The third-order valence-corrected chi connectivity index (χ3v) is 6.44. The Balaban J connectivity index is 0.000000587. The first kappa shape index (κ1) is 31.1. The number of anilines is 1. The summed E-state index contributed by atoms with van der Waals surface area (Å²) in [5.74, 6) is -2.11. The molecule has 11 heteroatoms. The SMILES string of the molecule is COc1ccc(-c2cccc(NC(=O)c3cccc(C#N)c3)c2)cc1CN1CCCN(C)CC1.O=C(O)C(F)(F)F. The van der Waals surface area contributed by atoms with Crippen LogP contribution in [0.4, 0.5) is 18.9 Å². The molecule has 0 atom stereocenters. The van der Waals surface area contributed by atoms with E-state index >= 15 is 0 Å². The van der Waals surface area contributed by atoms with Crippen molar-refractivity contribution in [3.8, 4) is 22.9 Å². The predicted molar refractivity (Wildman–Crippen MR) is 149 cm³/mol. The first-order chi connectivity index (χ1) is 19.5. The van der Waals surface area contributed by atoms with E-state index in [9.17, 15) is 18.0 Å². The summed E-state index contributed by atoms with van der Waals surface area (Å²) in [6.45, 7) is 5.16. The molecule has 1 amide bonds. The van der Waals surface area contributed by atoms with Crippen molar-refractivity contribution in [3.63, 3.8) is 0 Å². The number of hydrogen-bond donors (Lipinski definition) is 2. The maximum Gasteiger partial charge on any atom is 0.490 e. The number of hydrogen-bond acceptors (Lipinski definition) is 6. The lowest BCUT2D eigenvalue weighted by Crippen LogP contribution is -2.28. The first-order valence-electron chi connectivity index (χ1n) is 12.8. The molecule has 1 fully saturated rings. The van der Waals surface area contributed by atoms with Crippen molar-refractivity contribution < 1.29 is 32.6 Å². The van der Waals surface area contributed by atoms with Gasteiger partial charge in [0.1, 0.15) is 5.75 Å². The fourth-order valence-corrected chi connectivity index (χ4v) is 4.29. The minimum atomic E-state index is -5.08. The molecular formula is C30H31F3N4O4. The van der Waals surface area contributed by atoms with Gasteiger partial charge in [-0.3, -0.25) is 9.69 Å². The fraction of sp³-hybridized carbons (Fsp3) is 0.300. The van der Waals surface area contributed by atoms with Crippen LogP contribution < -0.4 is 10.1 Å². The molecule has 1 aliphatic heterocycles. The standard InChI is InChI=1S/C28H30N4O2.C2HF3O2/c1-31-12-5-13-32(15-14-31)20-25-17-23(10-11-27(25)34-2)22-7-4-9-26(18-22)30-28(33)24-8-3-6-21(16-24)19-29;3-2(4,5)1(6)7/h3-4,6-11,16-18H,5,12-15,20H2,1-2H3,(H,30,33);(H,6,7). The number of rotatable bonds is 6. The van der Waals surface area contributed by atoms with E-state index in [0.29, 0.717) is 16.8 Å². The van der Waals surface area contributed by atoms with Crippen LogP contribution in [0.15, 0.2) is 66.7 Å². The molecule has 0 unspecified atom stereocenters. The molecule has 1 saturated heterocycles. The molecule has 0 spiro atoms. The number of carboxylic acids is 1. The molecule has 8 nitrogen and oxygen atoms in total. The number of carbonyl (C=O) groups is 2. The highest BCUT2D eigenvalue weighted by Gasteiger charge is 2.38. The van der Waals surface area contributed by atoms with E-state index in [0.717, 1.165) is 61.6 Å². The van der Waals surface area contributed by atoms with Gasteiger partial charge in [-0.2, -0.15) is 18.4 Å². The Morgan fingerprint density at radius 2 is 1.71 bits per heavy atom. The number of ether oxygens (including phenoxy) is 1. The molecular weight excluding hydrogens is 537 g/mol. The summed E-state index contributed by atoms with van der Waals surface area (Å²) >= 11 is 0. The highest BCUT2D eigenvalue weighted by atomic mass is 19.4. The summed E-state index contributed by atoms with van der Waals surface area (Å²) < 4.78 is 37.4. The number of methoxy groups -OCH3 is 1. The molecule has 0 saturated carbocycles. The molecule has 1 aliphatic rings. The molecule has 4 rings (SSSR count). The van der Waals surface area contributed by atoms with Gasteiger partial charge in [-0.05, 0) is 80.1 Å². The average molecular weight is 569 g/mol. The second-order valence-electron chi connectivity index (χ2n) is 9.49. The summed E-state index contributed by atoms with van der Waals surface area (Å²) in [7, 11) is 3.89. The third kappa shape index (κ3) is 9.34. The molecule has 0 bridgehead atoms. The maximum absolute atomic E-state index is 12.7. The van der Waals surface area contributed by atoms with Crippen molar-refractivity contribution in [1.29, 1.82) is 5.26 Å². The zero-order chi connectivity index (χ0) is 30.0.